The second-order valence-corrected chi connectivity index (χ2v) is 8.15. The monoisotopic (exact) mass is 392 g/mol. The summed E-state index contributed by atoms with van der Waals surface area (Å²) in [5.41, 5.74) is 1.89. The minimum Gasteiger partial charge on any atom is -0.342 e. The first-order valence-electron chi connectivity index (χ1n) is 10.6. The van der Waals surface area contributed by atoms with Crippen molar-refractivity contribution < 1.29 is 9.59 Å². The first-order valence-corrected chi connectivity index (χ1v) is 10.6. The van der Waals surface area contributed by atoms with E-state index in [1.165, 1.54) is 12.8 Å². The third kappa shape index (κ3) is 4.47. The maximum atomic E-state index is 12.8. The van der Waals surface area contributed by atoms with Crippen molar-refractivity contribution in [1.29, 1.82) is 0 Å². The van der Waals surface area contributed by atoms with Crippen LogP contribution in [0.4, 0.5) is 5.69 Å². The molecule has 0 bridgehead atoms. The fraction of sp³-hybridized carbons (Fsp3) is 0.478. The van der Waals surface area contributed by atoms with E-state index in [1.807, 2.05) is 42.2 Å². The van der Waals surface area contributed by atoms with E-state index in [-0.39, 0.29) is 17.7 Å². The van der Waals surface area contributed by atoms with Gasteiger partial charge in [0.25, 0.3) is 5.91 Å². The zero-order valence-electron chi connectivity index (χ0n) is 16.9. The zero-order valence-corrected chi connectivity index (χ0v) is 16.9. The van der Waals surface area contributed by atoms with Gasteiger partial charge in [-0.3, -0.25) is 9.59 Å². The van der Waals surface area contributed by atoms with Crippen molar-refractivity contribution in [3.63, 3.8) is 0 Å². The third-order valence-electron chi connectivity index (χ3n) is 6.08. The van der Waals surface area contributed by atoms with Crippen LogP contribution in [0.25, 0.3) is 0 Å². The van der Waals surface area contributed by atoms with Gasteiger partial charge < -0.3 is 10.2 Å². The van der Waals surface area contributed by atoms with Crippen molar-refractivity contribution in [3.8, 4) is 0 Å². The Balaban J connectivity index is 1.44. The molecule has 2 aromatic rings. The summed E-state index contributed by atoms with van der Waals surface area (Å²) in [6.45, 7) is 3.36. The van der Waals surface area contributed by atoms with Crippen LogP contribution in [0.5, 0.6) is 0 Å². The molecule has 0 unspecified atom stereocenters. The second kappa shape index (κ2) is 8.72. The Morgan fingerprint density at radius 3 is 2.55 bits per heavy atom. The summed E-state index contributed by atoms with van der Waals surface area (Å²) in [7, 11) is 0. The first kappa shape index (κ1) is 19.6. The van der Waals surface area contributed by atoms with Gasteiger partial charge in [-0.1, -0.05) is 31.0 Å². The van der Waals surface area contributed by atoms with Gasteiger partial charge in [-0.15, -0.1) is 0 Å². The van der Waals surface area contributed by atoms with Crippen LogP contribution in [0.3, 0.4) is 0 Å². The number of anilines is 1. The van der Waals surface area contributed by atoms with Gasteiger partial charge in [-0.25, -0.2) is 9.97 Å². The molecule has 152 valence electrons. The topological polar surface area (TPSA) is 75.2 Å². The van der Waals surface area contributed by atoms with E-state index in [0.717, 1.165) is 43.7 Å². The van der Waals surface area contributed by atoms with E-state index in [1.54, 1.807) is 6.20 Å². The summed E-state index contributed by atoms with van der Waals surface area (Å²) >= 11 is 0. The molecule has 2 fully saturated rings. The van der Waals surface area contributed by atoms with Gasteiger partial charge in [0.2, 0.25) is 5.91 Å². The maximum absolute atomic E-state index is 12.8. The number of hydrogen-bond acceptors (Lipinski definition) is 4. The standard InChI is InChI=1S/C23H28N4O2/c1-16-20(22(28)26-19-11-3-2-4-12-19)14-24-21(25-16)18-10-7-13-27(15-18)23(29)17-8-5-6-9-17/h2-4,11-12,14,17-18H,5-10,13,15H2,1H3,(H,26,28)/t18-/m1/s1. The number of benzene rings is 1. The SMILES string of the molecule is Cc1nc([C@@H]2CCCN(C(=O)C3CCCC3)C2)ncc1C(=O)Nc1ccccc1. The van der Waals surface area contributed by atoms with Crippen molar-refractivity contribution in [2.24, 2.45) is 5.92 Å². The van der Waals surface area contributed by atoms with E-state index < -0.39 is 0 Å². The molecule has 1 saturated carbocycles. The number of nitrogens with zero attached hydrogens (tertiary/aromatic N) is 3. The van der Waals surface area contributed by atoms with Crippen LogP contribution in [0.2, 0.25) is 0 Å². The molecule has 0 radical (unpaired) electrons. The zero-order chi connectivity index (χ0) is 20.2. The Kier molecular flexibility index (Phi) is 5.88. The number of carbonyl (C=O) groups excluding carboxylic acids is 2. The van der Waals surface area contributed by atoms with Gasteiger partial charge in [0.15, 0.2) is 0 Å². The number of aromatic nitrogens is 2. The van der Waals surface area contributed by atoms with Crippen LogP contribution in [-0.2, 0) is 4.79 Å². The Hall–Kier alpha value is -2.76. The van der Waals surface area contributed by atoms with Gasteiger partial charge >= 0.3 is 0 Å². The highest BCUT2D eigenvalue weighted by Gasteiger charge is 2.32. The van der Waals surface area contributed by atoms with Crippen molar-refractivity contribution in [1.82, 2.24) is 14.9 Å². The molecule has 6 heteroatoms. The molecule has 2 aliphatic rings. The summed E-state index contributed by atoms with van der Waals surface area (Å²) in [6, 6.07) is 9.36. The van der Waals surface area contributed by atoms with Crippen LogP contribution >= 0.6 is 0 Å². The molecule has 29 heavy (non-hydrogen) atoms. The van der Waals surface area contributed by atoms with Gasteiger partial charge in [0.05, 0.1) is 11.3 Å². The Bertz CT molecular complexity index is 878. The number of amides is 2. The number of nitrogens with one attached hydrogen (secondary N) is 1. The molecule has 1 saturated heterocycles. The second-order valence-electron chi connectivity index (χ2n) is 8.15. The number of piperidine rings is 1. The van der Waals surface area contributed by atoms with E-state index in [9.17, 15) is 9.59 Å². The van der Waals surface area contributed by atoms with E-state index in [2.05, 4.69) is 15.3 Å². The molecular formula is C23H28N4O2. The largest absolute Gasteiger partial charge is 0.342 e. The fourth-order valence-corrected chi connectivity index (χ4v) is 4.44. The summed E-state index contributed by atoms with van der Waals surface area (Å²) in [5, 5.41) is 2.88. The van der Waals surface area contributed by atoms with Gasteiger partial charge in [0, 0.05) is 36.8 Å². The summed E-state index contributed by atoms with van der Waals surface area (Å²) in [5.74, 6) is 1.19. The summed E-state index contributed by atoms with van der Waals surface area (Å²) in [6.07, 6.45) is 7.96. The van der Waals surface area contributed by atoms with Gasteiger partial charge in [0.1, 0.15) is 5.82 Å². The average molecular weight is 393 g/mol. The minimum atomic E-state index is -0.207. The quantitative estimate of drug-likeness (QED) is 0.855. The molecule has 2 amide bonds. The highest BCUT2D eigenvalue weighted by Crippen LogP contribution is 2.30. The van der Waals surface area contributed by atoms with Gasteiger partial charge in [-0.05, 0) is 44.7 Å². The highest BCUT2D eigenvalue weighted by molar-refractivity contribution is 6.04. The molecule has 4 rings (SSSR count). The normalized spacial score (nSPS) is 19.9. The summed E-state index contributed by atoms with van der Waals surface area (Å²) < 4.78 is 0. The number of aryl methyl sites for hydroxylation is 1. The van der Waals surface area contributed by atoms with Crippen molar-refractivity contribution in [2.45, 2.75) is 51.4 Å². The van der Waals surface area contributed by atoms with E-state index in [4.69, 9.17) is 0 Å². The summed E-state index contributed by atoms with van der Waals surface area (Å²) in [4.78, 5) is 36.5. The average Bonchev–Trinajstić information content (AvgIpc) is 3.29. The highest BCUT2D eigenvalue weighted by atomic mass is 16.2. The lowest BCUT2D eigenvalue weighted by atomic mass is 9.95. The van der Waals surface area contributed by atoms with Crippen molar-refractivity contribution >= 4 is 17.5 Å². The predicted molar refractivity (Wildman–Crippen MR) is 112 cm³/mol. The molecule has 1 atom stereocenters. The Morgan fingerprint density at radius 2 is 1.83 bits per heavy atom. The van der Waals surface area contributed by atoms with Crippen LogP contribution in [-0.4, -0.2) is 39.8 Å². The molecule has 1 aromatic carbocycles. The van der Waals surface area contributed by atoms with E-state index in [0.29, 0.717) is 23.7 Å². The number of hydrogen-bond donors (Lipinski definition) is 1. The molecule has 6 nitrogen and oxygen atoms in total. The number of rotatable bonds is 4. The minimum absolute atomic E-state index is 0.138. The number of para-hydroxylation sites is 1. The van der Waals surface area contributed by atoms with Crippen molar-refractivity contribution in [2.75, 3.05) is 18.4 Å². The van der Waals surface area contributed by atoms with Crippen LogP contribution in [0.15, 0.2) is 36.5 Å². The molecule has 1 aliphatic heterocycles. The lowest BCUT2D eigenvalue weighted by molar-refractivity contribution is -0.136. The molecule has 0 spiro atoms. The van der Waals surface area contributed by atoms with Gasteiger partial charge in [-0.2, -0.15) is 0 Å². The van der Waals surface area contributed by atoms with Crippen LogP contribution in [0, 0.1) is 12.8 Å². The lowest BCUT2D eigenvalue weighted by Gasteiger charge is -2.33. The van der Waals surface area contributed by atoms with Crippen molar-refractivity contribution in [3.05, 3.63) is 53.6 Å². The molecule has 1 aliphatic carbocycles. The number of likely N-dealkylation sites (tertiary alicyclic amines) is 1. The molecule has 1 aromatic heterocycles. The smallest absolute Gasteiger partial charge is 0.259 e. The third-order valence-corrected chi connectivity index (χ3v) is 6.08. The Labute approximate surface area is 171 Å². The fourth-order valence-electron chi connectivity index (χ4n) is 4.44. The number of carbonyl (C=O) groups is 2. The first-order chi connectivity index (χ1) is 14.1. The lowest BCUT2D eigenvalue weighted by Crippen LogP contribution is -2.42. The van der Waals surface area contributed by atoms with E-state index >= 15 is 0 Å². The van der Waals surface area contributed by atoms with Crippen LogP contribution < -0.4 is 5.32 Å². The van der Waals surface area contributed by atoms with Crippen LogP contribution in [0.1, 0.15) is 66.3 Å². The Morgan fingerprint density at radius 1 is 1.07 bits per heavy atom. The molecular weight excluding hydrogens is 364 g/mol. The predicted octanol–water partition coefficient (Wildman–Crippen LogP) is 3.93. The molecule has 1 N–H and O–H groups in total. The molecule has 2 heterocycles. The maximum Gasteiger partial charge on any atom is 0.259 e.